The second-order valence-electron chi connectivity index (χ2n) is 8.21. The standard InChI is InChI=1S/C26H29N5O7S/c1-31(21-13-15-22(37-2)16-14-21)24(32)23(17-18-7-5-4-6-8-18)28-25(33)30-39(35,36)29-20-11-9-19(10-12-20)27-26(34)38-3/h4-16,23,29H,17H2,1-3H3,(H,27,34)(H2,28,30,33)/t23-/m0/s1. The number of ether oxygens (including phenoxy) is 2. The normalized spacial score (nSPS) is 11.5. The lowest BCUT2D eigenvalue weighted by atomic mass is 10.0. The van der Waals surface area contributed by atoms with Gasteiger partial charge in [0.1, 0.15) is 11.8 Å². The summed E-state index contributed by atoms with van der Waals surface area (Å²) in [7, 11) is -0.0650. The molecule has 13 heteroatoms. The molecule has 12 nitrogen and oxygen atoms in total. The van der Waals surface area contributed by atoms with Gasteiger partial charge in [-0.15, -0.1) is 0 Å². The summed E-state index contributed by atoms with van der Waals surface area (Å²) < 4.78 is 38.8. The molecular formula is C26H29N5O7S. The molecule has 0 heterocycles. The second kappa shape index (κ2) is 13.1. The van der Waals surface area contributed by atoms with Gasteiger partial charge in [0, 0.05) is 24.8 Å². The van der Waals surface area contributed by atoms with E-state index in [4.69, 9.17) is 4.74 Å². The summed E-state index contributed by atoms with van der Waals surface area (Å²) in [4.78, 5) is 38.7. The summed E-state index contributed by atoms with van der Waals surface area (Å²) in [6.07, 6.45) is -0.561. The summed E-state index contributed by atoms with van der Waals surface area (Å²) in [6, 6.07) is 19.3. The largest absolute Gasteiger partial charge is 0.497 e. The highest BCUT2D eigenvalue weighted by atomic mass is 32.2. The Bertz CT molecular complexity index is 1380. The van der Waals surface area contributed by atoms with Gasteiger partial charge in [0.2, 0.25) is 5.91 Å². The zero-order valence-corrected chi connectivity index (χ0v) is 22.3. The van der Waals surface area contributed by atoms with Crippen molar-refractivity contribution >= 4 is 45.3 Å². The number of nitrogens with zero attached hydrogens (tertiary/aromatic N) is 1. The molecule has 206 valence electrons. The Labute approximate surface area is 226 Å². The first-order valence-electron chi connectivity index (χ1n) is 11.6. The van der Waals surface area contributed by atoms with Gasteiger partial charge in [0.25, 0.3) is 0 Å². The van der Waals surface area contributed by atoms with Crippen LogP contribution in [0.2, 0.25) is 0 Å². The zero-order chi connectivity index (χ0) is 28.4. The average molecular weight is 556 g/mol. The Kier molecular flexibility index (Phi) is 9.70. The number of carbonyl (C=O) groups is 3. The summed E-state index contributed by atoms with van der Waals surface area (Å²) in [5.41, 5.74) is 1.82. The summed E-state index contributed by atoms with van der Waals surface area (Å²) in [5.74, 6) is 0.156. The van der Waals surface area contributed by atoms with E-state index >= 15 is 0 Å². The molecule has 1 atom stereocenters. The number of rotatable bonds is 10. The smallest absolute Gasteiger partial charge is 0.411 e. The maximum Gasteiger partial charge on any atom is 0.411 e. The fourth-order valence-corrected chi connectivity index (χ4v) is 4.30. The van der Waals surface area contributed by atoms with E-state index in [9.17, 15) is 22.8 Å². The molecule has 4 amide bonds. The minimum Gasteiger partial charge on any atom is -0.497 e. The van der Waals surface area contributed by atoms with E-state index in [1.165, 1.54) is 43.4 Å². The Morgan fingerprint density at radius 1 is 0.872 bits per heavy atom. The molecule has 0 aromatic heterocycles. The van der Waals surface area contributed by atoms with Crippen molar-refractivity contribution in [3.05, 3.63) is 84.4 Å². The first kappa shape index (κ1) is 28.8. The highest BCUT2D eigenvalue weighted by Crippen LogP contribution is 2.20. The van der Waals surface area contributed by atoms with Crippen molar-refractivity contribution in [2.75, 3.05) is 36.2 Å². The van der Waals surface area contributed by atoms with Crippen LogP contribution in [0.3, 0.4) is 0 Å². The summed E-state index contributed by atoms with van der Waals surface area (Å²) in [5, 5.41) is 4.90. The third kappa shape index (κ3) is 8.64. The highest BCUT2D eigenvalue weighted by Gasteiger charge is 2.27. The molecule has 0 bridgehead atoms. The van der Waals surface area contributed by atoms with Gasteiger partial charge in [0.05, 0.1) is 19.9 Å². The third-order valence-corrected chi connectivity index (χ3v) is 6.43. The molecule has 0 aliphatic carbocycles. The lowest BCUT2D eigenvalue weighted by molar-refractivity contribution is -0.120. The Hall–Kier alpha value is -4.78. The number of methoxy groups -OCH3 is 2. The van der Waals surface area contributed by atoms with Crippen LogP contribution in [-0.2, 0) is 26.2 Å². The van der Waals surface area contributed by atoms with Crippen molar-refractivity contribution in [3.63, 3.8) is 0 Å². The Morgan fingerprint density at radius 2 is 1.49 bits per heavy atom. The number of likely N-dealkylation sites (N-methyl/N-ethyl adjacent to an activating group) is 1. The lowest BCUT2D eigenvalue weighted by Gasteiger charge is -2.25. The van der Waals surface area contributed by atoms with Crippen molar-refractivity contribution in [1.29, 1.82) is 0 Å². The van der Waals surface area contributed by atoms with Gasteiger partial charge in [-0.1, -0.05) is 30.3 Å². The molecule has 0 saturated carbocycles. The van der Waals surface area contributed by atoms with E-state index in [1.54, 1.807) is 55.6 Å². The molecule has 3 rings (SSSR count). The summed E-state index contributed by atoms with van der Waals surface area (Å²) in [6.45, 7) is 0. The monoisotopic (exact) mass is 555 g/mol. The van der Waals surface area contributed by atoms with Crippen molar-refractivity contribution in [1.82, 2.24) is 10.0 Å². The van der Waals surface area contributed by atoms with E-state index in [1.807, 2.05) is 10.8 Å². The van der Waals surface area contributed by atoms with Crippen LogP contribution in [0.5, 0.6) is 5.75 Å². The van der Waals surface area contributed by atoms with Gasteiger partial charge < -0.3 is 19.7 Å². The maximum atomic E-state index is 13.4. The van der Waals surface area contributed by atoms with E-state index in [0.29, 0.717) is 17.1 Å². The van der Waals surface area contributed by atoms with Crippen molar-refractivity contribution in [2.24, 2.45) is 0 Å². The molecule has 0 fully saturated rings. The molecule has 3 aromatic carbocycles. The van der Waals surface area contributed by atoms with Crippen LogP contribution < -0.4 is 29.7 Å². The van der Waals surface area contributed by atoms with Gasteiger partial charge in [0.15, 0.2) is 0 Å². The number of urea groups is 1. The predicted molar refractivity (Wildman–Crippen MR) is 147 cm³/mol. The molecule has 0 aliphatic rings. The van der Waals surface area contributed by atoms with Crippen molar-refractivity contribution < 1.29 is 32.3 Å². The van der Waals surface area contributed by atoms with Gasteiger partial charge in [-0.2, -0.15) is 8.42 Å². The zero-order valence-electron chi connectivity index (χ0n) is 21.5. The van der Waals surface area contributed by atoms with Gasteiger partial charge in [-0.3, -0.25) is 14.8 Å². The fourth-order valence-electron chi connectivity index (χ4n) is 3.50. The first-order chi connectivity index (χ1) is 18.6. The van der Waals surface area contributed by atoms with Gasteiger partial charge in [-0.25, -0.2) is 14.3 Å². The van der Waals surface area contributed by atoms with Crippen LogP contribution in [0.25, 0.3) is 0 Å². The molecule has 0 unspecified atom stereocenters. The van der Waals surface area contributed by atoms with Gasteiger partial charge in [-0.05, 0) is 54.1 Å². The second-order valence-corrected chi connectivity index (χ2v) is 9.63. The molecule has 4 N–H and O–H groups in total. The van der Waals surface area contributed by atoms with Crippen LogP contribution in [0.1, 0.15) is 5.56 Å². The van der Waals surface area contributed by atoms with Crippen LogP contribution in [0.4, 0.5) is 26.7 Å². The highest BCUT2D eigenvalue weighted by molar-refractivity contribution is 7.91. The Balaban J connectivity index is 1.70. The molecule has 0 saturated heterocycles. The molecule has 0 radical (unpaired) electrons. The van der Waals surface area contributed by atoms with E-state index < -0.39 is 34.3 Å². The van der Waals surface area contributed by atoms with Crippen LogP contribution >= 0.6 is 0 Å². The number of hydrogen-bond donors (Lipinski definition) is 4. The van der Waals surface area contributed by atoms with Crippen LogP contribution in [-0.4, -0.2) is 53.8 Å². The molecule has 3 aromatic rings. The minimum absolute atomic E-state index is 0.121. The number of hydrogen-bond acceptors (Lipinski definition) is 7. The molecule has 0 aliphatic heterocycles. The van der Waals surface area contributed by atoms with E-state index in [0.717, 1.165) is 5.56 Å². The van der Waals surface area contributed by atoms with Crippen LogP contribution in [0, 0.1) is 0 Å². The van der Waals surface area contributed by atoms with E-state index in [-0.39, 0.29) is 12.1 Å². The van der Waals surface area contributed by atoms with Gasteiger partial charge >= 0.3 is 22.3 Å². The lowest BCUT2D eigenvalue weighted by Crippen LogP contribution is -2.53. The number of carbonyl (C=O) groups excluding carboxylic acids is 3. The molecule has 39 heavy (non-hydrogen) atoms. The predicted octanol–water partition coefficient (Wildman–Crippen LogP) is 3.10. The van der Waals surface area contributed by atoms with E-state index in [2.05, 4.69) is 20.1 Å². The van der Waals surface area contributed by atoms with Crippen molar-refractivity contribution in [3.8, 4) is 5.75 Å². The Morgan fingerprint density at radius 3 is 2.08 bits per heavy atom. The van der Waals surface area contributed by atoms with Crippen molar-refractivity contribution in [2.45, 2.75) is 12.5 Å². The quantitative estimate of drug-likeness (QED) is 0.300. The number of amides is 4. The fraction of sp³-hybridized carbons (Fsp3) is 0.192. The third-order valence-electron chi connectivity index (χ3n) is 5.47. The minimum atomic E-state index is -4.36. The first-order valence-corrected chi connectivity index (χ1v) is 13.1. The number of anilines is 3. The SMILES string of the molecule is COC(=O)Nc1ccc(NS(=O)(=O)NC(=O)N[C@@H](Cc2ccccc2)C(=O)N(C)c2ccc(OC)cc2)cc1. The maximum absolute atomic E-state index is 13.4. The average Bonchev–Trinajstić information content (AvgIpc) is 2.93. The molecule has 0 spiro atoms. The number of benzene rings is 3. The topological polar surface area (TPSA) is 155 Å². The number of nitrogens with one attached hydrogen (secondary N) is 4. The summed E-state index contributed by atoms with van der Waals surface area (Å²) >= 11 is 0. The molecular weight excluding hydrogens is 526 g/mol. The van der Waals surface area contributed by atoms with Crippen LogP contribution in [0.15, 0.2) is 78.9 Å².